The minimum absolute atomic E-state index is 0.0140. The van der Waals surface area contributed by atoms with Gasteiger partial charge in [0.1, 0.15) is 0 Å². The van der Waals surface area contributed by atoms with Crippen LogP contribution in [0.4, 0.5) is 0 Å². The van der Waals surface area contributed by atoms with Gasteiger partial charge in [0.2, 0.25) is 0 Å². The largest absolute Gasteiger partial charge is 0.394 e. The Bertz CT molecular complexity index is 792. The standard InChI is InChI=1S/C29H52O7/c1-16(2)19(22(33)15-30)7-6-17(3)20-12-21(32)25-26(20,4)10-9-23-27(5)11-8-18(31)13-29(27,36)24(34)14-28(23,25)35/h16-25,30-36H,6-15H2,1-5H3/t17-,18?,19-,20-,21?,22?,23-,24?,25-,26-,27-,28+,29?/m1/s1. The van der Waals surface area contributed by atoms with Gasteiger partial charge in [0, 0.05) is 24.2 Å². The van der Waals surface area contributed by atoms with E-state index in [1.165, 1.54) is 0 Å². The molecule has 4 aliphatic rings. The SMILES string of the molecule is CC(C)[C@@H](CC[C@@H](C)[C@H]1CC(O)[C@@H]2[C@]1(C)CC[C@H]1[C@@]2(O)CC(O)C2(O)CC(O)CC[C@]12C)C(O)CO. The molecule has 4 fully saturated rings. The lowest BCUT2D eigenvalue weighted by atomic mass is 9.40. The zero-order valence-corrected chi connectivity index (χ0v) is 23.0. The Morgan fingerprint density at radius 2 is 1.58 bits per heavy atom. The lowest BCUT2D eigenvalue weighted by Crippen LogP contribution is -2.75. The van der Waals surface area contributed by atoms with Gasteiger partial charge in [0.05, 0.1) is 42.2 Å². The first-order chi connectivity index (χ1) is 16.7. The van der Waals surface area contributed by atoms with Crippen molar-refractivity contribution >= 4 is 0 Å². The molecule has 7 N–H and O–H groups in total. The maximum absolute atomic E-state index is 12.4. The van der Waals surface area contributed by atoms with Crippen LogP contribution in [0, 0.1) is 46.3 Å². The molecular formula is C29H52O7. The highest BCUT2D eigenvalue weighted by molar-refractivity contribution is 5.23. The van der Waals surface area contributed by atoms with Crippen LogP contribution in [-0.4, -0.2) is 78.0 Å². The number of aliphatic hydroxyl groups is 7. The third kappa shape index (κ3) is 4.11. The Labute approximate surface area is 216 Å². The van der Waals surface area contributed by atoms with Gasteiger partial charge in [-0.3, -0.25) is 0 Å². The van der Waals surface area contributed by atoms with Crippen LogP contribution in [0.5, 0.6) is 0 Å². The number of rotatable bonds is 7. The van der Waals surface area contributed by atoms with Crippen molar-refractivity contribution in [2.24, 2.45) is 46.3 Å². The van der Waals surface area contributed by atoms with Crippen molar-refractivity contribution < 1.29 is 35.7 Å². The second kappa shape index (κ2) is 9.72. The van der Waals surface area contributed by atoms with Gasteiger partial charge in [0.15, 0.2) is 0 Å². The first-order valence-electron chi connectivity index (χ1n) is 14.4. The fraction of sp³-hybridized carbons (Fsp3) is 1.00. The first kappa shape index (κ1) is 28.7. The van der Waals surface area contributed by atoms with Crippen molar-refractivity contribution in [3.8, 4) is 0 Å². The molecule has 0 spiro atoms. The molecule has 36 heavy (non-hydrogen) atoms. The topological polar surface area (TPSA) is 142 Å². The summed E-state index contributed by atoms with van der Waals surface area (Å²) < 4.78 is 0. The predicted octanol–water partition coefficient (Wildman–Crippen LogP) is 2.22. The molecule has 0 heterocycles. The molecule has 0 saturated heterocycles. The van der Waals surface area contributed by atoms with Crippen LogP contribution in [0.25, 0.3) is 0 Å². The summed E-state index contributed by atoms with van der Waals surface area (Å²) in [6.07, 6.45) is 1.83. The third-order valence-electron chi connectivity index (χ3n) is 12.1. The van der Waals surface area contributed by atoms with E-state index in [0.717, 1.165) is 25.7 Å². The lowest BCUT2D eigenvalue weighted by Gasteiger charge is -2.68. The van der Waals surface area contributed by atoms with E-state index in [0.29, 0.717) is 19.3 Å². The van der Waals surface area contributed by atoms with E-state index in [9.17, 15) is 35.7 Å². The van der Waals surface area contributed by atoms with Crippen molar-refractivity contribution in [3.05, 3.63) is 0 Å². The quantitative estimate of drug-likeness (QED) is 0.277. The minimum Gasteiger partial charge on any atom is -0.394 e. The summed E-state index contributed by atoms with van der Waals surface area (Å²) in [6, 6.07) is 0. The van der Waals surface area contributed by atoms with E-state index >= 15 is 0 Å². The summed E-state index contributed by atoms with van der Waals surface area (Å²) in [5, 5.41) is 76.9. The first-order valence-corrected chi connectivity index (χ1v) is 14.4. The zero-order valence-electron chi connectivity index (χ0n) is 23.0. The Kier molecular flexibility index (Phi) is 7.76. The average molecular weight is 513 g/mol. The van der Waals surface area contributed by atoms with Crippen LogP contribution >= 0.6 is 0 Å². The summed E-state index contributed by atoms with van der Waals surface area (Å²) in [6.45, 7) is 10.3. The van der Waals surface area contributed by atoms with Crippen LogP contribution in [0.1, 0.15) is 92.4 Å². The maximum Gasteiger partial charge on any atom is 0.0987 e. The smallest absolute Gasteiger partial charge is 0.0987 e. The Morgan fingerprint density at radius 1 is 0.917 bits per heavy atom. The monoisotopic (exact) mass is 512 g/mol. The summed E-state index contributed by atoms with van der Waals surface area (Å²) >= 11 is 0. The molecule has 13 atom stereocenters. The van der Waals surface area contributed by atoms with E-state index in [4.69, 9.17) is 0 Å². The van der Waals surface area contributed by atoms with Crippen LogP contribution in [0.2, 0.25) is 0 Å². The van der Waals surface area contributed by atoms with Crippen molar-refractivity contribution in [2.45, 2.75) is 128 Å². The zero-order chi connectivity index (χ0) is 26.8. The average Bonchev–Trinajstić information content (AvgIpc) is 3.07. The van der Waals surface area contributed by atoms with Crippen molar-refractivity contribution in [1.29, 1.82) is 0 Å². The second-order valence-corrected chi connectivity index (χ2v) is 14.1. The molecule has 0 amide bonds. The van der Waals surface area contributed by atoms with Gasteiger partial charge >= 0.3 is 0 Å². The van der Waals surface area contributed by atoms with Crippen molar-refractivity contribution in [1.82, 2.24) is 0 Å². The molecule has 4 rings (SSSR count). The summed E-state index contributed by atoms with van der Waals surface area (Å²) in [4.78, 5) is 0. The molecule has 0 aromatic carbocycles. The van der Waals surface area contributed by atoms with Gasteiger partial charge < -0.3 is 35.7 Å². The second-order valence-electron chi connectivity index (χ2n) is 14.1. The Hall–Kier alpha value is -0.280. The molecule has 4 aliphatic carbocycles. The van der Waals surface area contributed by atoms with Gasteiger partial charge in [-0.2, -0.15) is 0 Å². The van der Waals surface area contributed by atoms with Crippen LogP contribution in [0.3, 0.4) is 0 Å². The fourth-order valence-corrected chi connectivity index (χ4v) is 10.1. The normalized spacial score (nSPS) is 51.2. The number of fused-ring (bicyclic) bond motifs is 5. The highest BCUT2D eigenvalue weighted by Crippen LogP contribution is 2.70. The predicted molar refractivity (Wildman–Crippen MR) is 137 cm³/mol. The Morgan fingerprint density at radius 3 is 2.19 bits per heavy atom. The molecule has 0 bridgehead atoms. The van der Waals surface area contributed by atoms with Crippen molar-refractivity contribution in [2.75, 3.05) is 6.61 Å². The van der Waals surface area contributed by atoms with Crippen LogP contribution in [0.15, 0.2) is 0 Å². The highest BCUT2D eigenvalue weighted by atomic mass is 16.4. The molecule has 5 unspecified atom stereocenters. The fourth-order valence-electron chi connectivity index (χ4n) is 10.1. The Balaban J connectivity index is 1.59. The molecule has 0 aromatic rings. The molecule has 0 aliphatic heterocycles. The van der Waals surface area contributed by atoms with Gasteiger partial charge in [0.25, 0.3) is 0 Å². The maximum atomic E-state index is 12.4. The minimum atomic E-state index is -1.44. The lowest BCUT2D eigenvalue weighted by molar-refractivity contribution is -0.315. The summed E-state index contributed by atoms with van der Waals surface area (Å²) in [7, 11) is 0. The molecule has 7 heteroatoms. The number of hydrogen-bond acceptors (Lipinski definition) is 7. The molecule has 210 valence electrons. The summed E-state index contributed by atoms with van der Waals surface area (Å²) in [5.41, 5.74) is -3.75. The van der Waals surface area contributed by atoms with Gasteiger partial charge in [-0.15, -0.1) is 0 Å². The van der Waals surface area contributed by atoms with E-state index in [2.05, 4.69) is 27.7 Å². The van der Waals surface area contributed by atoms with Crippen LogP contribution < -0.4 is 0 Å². The van der Waals surface area contributed by atoms with Crippen molar-refractivity contribution in [3.63, 3.8) is 0 Å². The molecular weight excluding hydrogens is 460 g/mol. The number of hydrogen-bond donors (Lipinski definition) is 7. The van der Waals surface area contributed by atoms with E-state index < -0.39 is 41.0 Å². The van der Waals surface area contributed by atoms with Gasteiger partial charge in [-0.05, 0) is 73.5 Å². The molecule has 0 aromatic heterocycles. The molecule has 7 nitrogen and oxygen atoms in total. The third-order valence-corrected chi connectivity index (χ3v) is 12.1. The van der Waals surface area contributed by atoms with Crippen LogP contribution in [-0.2, 0) is 0 Å². The van der Waals surface area contributed by atoms with E-state index in [1.807, 2.05) is 6.92 Å². The van der Waals surface area contributed by atoms with E-state index in [-0.39, 0.29) is 60.4 Å². The molecule has 0 radical (unpaired) electrons. The summed E-state index contributed by atoms with van der Waals surface area (Å²) in [5.74, 6) is 0.0966. The molecule has 4 saturated carbocycles. The van der Waals surface area contributed by atoms with E-state index in [1.54, 1.807) is 0 Å². The highest BCUT2D eigenvalue weighted by Gasteiger charge is 2.74. The number of aliphatic hydroxyl groups excluding tert-OH is 5. The van der Waals surface area contributed by atoms with Gasteiger partial charge in [-0.1, -0.05) is 41.0 Å². The van der Waals surface area contributed by atoms with Gasteiger partial charge in [-0.25, -0.2) is 0 Å².